The minimum absolute atomic E-state index is 0.139. The summed E-state index contributed by atoms with van der Waals surface area (Å²) in [6.07, 6.45) is 0. The summed E-state index contributed by atoms with van der Waals surface area (Å²) in [5.74, 6) is -0.839. The minimum atomic E-state index is -0.715. The van der Waals surface area contributed by atoms with Gasteiger partial charge in [-0.2, -0.15) is 5.26 Å². The second-order valence-corrected chi connectivity index (χ2v) is 5.29. The summed E-state index contributed by atoms with van der Waals surface area (Å²) < 4.78 is 0. The molecule has 100 valence electrons. The summed E-state index contributed by atoms with van der Waals surface area (Å²) in [6, 6.07) is 9.80. The molecule has 1 aliphatic heterocycles. The van der Waals surface area contributed by atoms with E-state index in [-0.39, 0.29) is 17.9 Å². The number of nitrogens with zero attached hydrogens (tertiary/aromatic N) is 2. The van der Waals surface area contributed by atoms with Gasteiger partial charge in [0.2, 0.25) is 0 Å². The first-order chi connectivity index (χ1) is 9.02. The van der Waals surface area contributed by atoms with Crippen molar-refractivity contribution in [2.75, 3.05) is 13.1 Å². The number of rotatable bonds is 3. The molecule has 1 aliphatic rings. The molecule has 4 nitrogen and oxygen atoms in total. The van der Waals surface area contributed by atoms with E-state index < -0.39 is 5.97 Å². The predicted molar refractivity (Wildman–Crippen MR) is 71.4 cm³/mol. The molecule has 1 heterocycles. The summed E-state index contributed by atoms with van der Waals surface area (Å²) >= 11 is 0. The van der Waals surface area contributed by atoms with Crippen molar-refractivity contribution in [1.29, 1.82) is 5.26 Å². The quantitative estimate of drug-likeness (QED) is 0.903. The van der Waals surface area contributed by atoms with Crippen LogP contribution in [0.25, 0.3) is 0 Å². The van der Waals surface area contributed by atoms with Crippen molar-refractivity contribution >= 4 is 5.97 Å². The number of nitriles is 1. The predicted octanol–water partition coefficient (Wildman–Crippen LogP) is 2.27. The Hall–Kier alpha value is -1.86. The van der Waals surface area contributed by atoms with Crippen LogP contribution in [0, 0.1) is 23.2 Å². The molecule has 0 saturated carbocycles. The van der Waals surface area contributed by atoms with Crippen molar-refractivity contribution in [3.8, 4) is 6.07 Å². The zero-order chi connectivity index (χ0) is 14.0. The summed E-state index contributed by atoms with van der Waals surface area (Å²) in [4.78, 5) is 13.3. The second-order valence-electron chi connectivity index (χ2n) is 5.29. The topological polar surface area (TPSA) is 64.3 Å². The Labute approximate surface area is 113 Å². The van der Waals surface area contributed by atoms with Gasteiger partial charge < -0.3 is 5.11 Å². The van der Waals surface area contributed by atoms with Gasteiger partial charge in [-0.25, -0.2) is 0 Å². The van der Waals surface area contributed by atoms with Crippen LogP contribution in [0.3, 0.4) is 0 Å². The van der Waals surface area contributed by atoms with Gasteiger partial charge in [0.05, 0.1) is 17.6 Å². The maximum Gasteiger partial charge on any atom is 0.308 e. The van der Waals surface area contributed by atoms with Crippen molar-refractivity contribution in [2.24, 2.45) is 11.8 Å². The Morgan fingerprint density at radius 3 is 2.84 bits per heavy atom. The standard InChI is InChI=1S/C15H18N2O2/c1-10-8-17(9-14(10)15(18)19)11(2)13-5-3-4-12(6-13)7-16/h3-6,10-11,14H,8-9H2,1-2H3,(H,18,19). The molecule has 19 heavy (non-hydrogen) atoms. The number of hydrogen-bond donors (Lipinski definition) is 1. The highest BCUT2D eigenvalue weighted by molar-refractivity contribution is 5.71. The molecule has 0 radical (unpaired) electrons. The number of carboxylic acid groups (broad SMARTS) is 1. The molecule has 1 saturated heterocycles. The number of likely N-dealkylation sites (tertiary alicyclic amines) is 1. The van der Waals surface area contributed by atoms with E-state index in [1.165, 1.54) is 0 Å². The first-order valence-electron chi connectivity index (χ1n) is 6.50. The number of aliphatic carboxylic acids is 1. The third-order valence-electron chi connectivity index (χ3n) is 4.00. The smallest absolute Gasteiger partial charge is 0.308 e. The number of carbonyl (C=O) groups is 1. The average Bonchev–Trinajstić information content (AvgIpc) is 2.80. The average molecular weight is 258 g/mol. The van der Waals surface area contributed by atoms with Crippen LogP contribution >= 0.6 is 0 Å². The van der Waals surface area contributed by atoms with E-state index in [0.717, 1.165) is 12.1 Å². The summed E-state index contributed by atoms with van der Waals surface area (Å²) in [5, 5.41) is 18.1. The van der Waals surface area contributed by atoms with Crippen molar-refractivity contribution in [3.05, 3.63) is 35.4 Å². The minimum Gasteiger partial charge on any atom is -0.481 e. The molecular weight excluding hydrogens is 240 g/mol. The lowest BCUT2D eigenvalue weighted by Gasteiger charge is -2.24. The number of carboxylic acids is 1. The second kappa shape index (κ2) is 5.41. The van der Waals surface area contributed by atoms with Crippen LogP contribution in [0.4, 0.5) is 0 Å². The molecule has 4 heteroatoms. The van der Waals surface area contributed by atoms with Gasteiger partial charge in [-0.1, -0.05) is 19.1 Å². The Balaban J connectivity index is 2.15. The summed E-state index contributed by atoms with van der Waals surface area (Å²) in [6.45, 7) is 5.41. The highest BCUT2D eigenvalue weighted by Gasteiger charge is 2.36. The fraction of sp³-hybridized carbons (Fsp3) is 0.467. The Kier molecular flexibility index (Phi) is 3.87. The largest absolute Gasteiger partial charge is 0.481 e. The molecular formula is C15H18N2O2. The van der Waals surface area contributed by atoms with Crippen LogP contribution in [-0.2, 0) is 4.79 Å². The molecule has 1 aromatic carbocycles. The first kappa shape index (κ1) is 13.6. The molecule has 2 rings (SSSR count). The van der Waals surface area contributed by atoms with Gasteiger partial charge in [-0.3, -0.25) is 9.69 Å². The van der Waals surface area contributed by atoms with Gasteiger partial charge in [0.15, 0.2) is 0 Å². The van der Waals surface area contributed by atoms with Crippen molar-refractivity contribution in [2.45, 2.75) is 19.9 Å². The van der Waals surface area contributed by atoms with Crippen molar-refractivity contribution in [1.82, 2.24) is 4.90 Å². The lowest BCUT2D eigenvalue weighted by molar-refractivity contribution is -0.142. The maximum atomic E-state index is 11.1. The summed E-state index contributed by atoms with van der Waals surface area (Å²) in [7, 11) is 0. The molecule has 0 spiro atoms. The van der Waals surface area contributed by atoms with Crippen LogP contribution in [-0.4, -0.2) is 29.1 Å². The van der Waals surface area contributed by atoms with E-state index in [4.69, 9.17) is 10.4 Å². The first-order valence-corrected chi connectivity index (χ1v) is 6.50. The van der Waals surface area contributed by atoms with Gasteiger partial charge in [0.25, 0.3) is 0 Å². The fourth-order valence-corrected chi connectivity index (χ4v) is 2.72. The SMILES string of the molecule is CC1CN(C(C)c2cccc(C#N)c2)CC1C(=O)O. The highest BCUT2D eigenvalue weighted by atomic mass is 16.4. The van der Waals surface area contributed by atoms with Gasteiger partial charge in [0.1, 0.15) is 0 Å². The maximum absolute atomic E-state index is 11.1. The molecule has 0 amide bonds. The van der Waals surface area contributed by atoms with E-state index in [9.17, 15) is 4.79 Å². The third-order valence-corrected chi connectivity index (χ3v) is 4.00. The fourth-order valence-electron chi connectivity index (χ4n) is 2.72. The molecule has 1 N–H and O–H groups in total. The zero-order valence-electron chi connectivity index (χ0n) is 11.2. The van der Waals surface area contributed by atoms with Crippen LogP contribution < -0.4 is 0 Å². The van der Waals surface area contributed by atoms with E-state index >= 15 is 0 Å². The number of hydrogen-bond acceptors (Lipinski definition) is 3. The normalized spacial score (nSPS) is 24.9. The monoisotopic (exact) mass is 258 g/mol. The van der Waals surface area contributed by atoms with Crippen molar-refractivity contribution < 1.29 is 9.90 Å². The van der Waals surface area contributed by atoms with E-state index in [0.29, 0.717) is 12.1 Å². The lowest BCUT2D eigenvalue weighted by Crippen LogP contribution is -2.26. The van der Waals surface area contributed by atoms with Crippen LogP contribution in [0.15, 0.2) is 24.3 Å². The van der Waals surface area contributed by atoms with Crippen LogP contribution in [0.2, 0.25) is 0 Å². The lowest BCUT2D eigenvalue weighted by atomic mass is 9.99. The van der Waals surface area contributed by atoms with Gasteiger partial charge in [-0.15, -0.1) is 0 Å². The molecule has 0 bridgehead atoms. The highest BCUT2D eigenvalue weighted by Crippen LogP contribution is 2.31. The van der Waals surface area contributed by atoms with E-state index in [1.54, 1.807) is 6.07 Å². The van der Waals surface area contributed by atoms with Gasteiger partial charge >= 0.3 is 5.97 Å². The van der Waals surface area contributed by atoms with Gasteiger partial charge in [-0.05, 0) is 30.5 Å². The van der Waals surface area contributed by atoms with Gasteiger partial charge in [0, 0.05) is 19.1 Å². The Morgan fingerprint density at radius 2 is 2.26 bits per heavy atom. The van der Waals surface area contributed by atoms with E-state index in [2.05, 4.69) is 17.9 Å². The molecule has 0 aliphatic carbocycles. The van der Waals surface area contributed by atoms with Crippen LogP contribution in [0.1, 0.15) is 31.0 Å². The Morgan fingerprint density at radius 1 is 1.53 bits per heavy atom. The third kappa shape index (κ3) is 2.77. The van der Waals surface area contributed by atoms with Crippen molar-refractivity contribution in [3.63, 3.8) is 0 Å². The molecule has 1 fully saturated rings. The molecule has 0 aromatic heterocycles. The Bertz CT molecular complexity index is 521. The van der Waals surface area contributed by atoms with E-state index in [1.807, 2.05) is 25.1 Å². The molecule has 1 aromatic rings. The molecule has 3 unspecified atom stereocenters. The molecule has 3 atom stereocenters. The summed E-state index contributed by atoms with van der Waals surface area (Å²) in [5.41, 5.74) is 1.71. The van der Waals surface area contributed by atoms with Crippen LogP contribution in [0.5, 0.6) is 0 Å². The zero-order valence-corrected chi connectivity index (χ0v) is 11.2. The number of benzene rings is 1.